The van der Waals surface area contributed by atoms with E-state index in [1.165, 1.54) is 11.7 Å². The molecule has 1 unspecified atom stereocenters. The van der Waals surface area contributed by atoms with Crippen molar-refractivity contribution in [1.82, 2.24) is 14.9 Å². The van der Waals surface area contributed by atoms with Gasteiger partial charge in [0.15, 0.2) is 0 Å². The molecule has 3 rings (SSSR count). The molecule has 1 heterocycles. The number of aromatic amines is 1. The van der Waals surface area contributed by atoms with Crippen LogP contribution >= 0.6 is 0 Å². The summed E-state index contributed by atoms with van der Waals surface area (Å²) in [6.07, 6.45) is 0. The highest BCUT2D eigenvalue weighted by atomic mass is 16.5. The monoisotopic (exact) mass is 479 g/mol. The third-order valence-electron chi connectivity index (χ3n) is 5.74. The molecule has 0 aliphatic carbocycles. The summed E-state index contributed by atoms with van der Waals surface area (Å²) in [6, 6.07) is 19.0. The Morgan fingerprint density at radius 3 is 2.31 bits per heavy atom. The molecule has 4 N–H and O–H groups in total. The normalized spacial score (nSPS) is 11.9. The number of methoxy groups -OCH3 is 1. The number of rotatable bonds is 11. The number of nitrogen functional groups attached to an aromatic ring is 1. The van der Waals surface area contributed by atoms with Crippen molar-refractivity contribution in [2.45, 2.75) is 33.0 Å². The van der Waals surface area contributed by atoms with E-state index in [-0.39, 0.29) is 55.6 Å². The number of anilines is 2. The number of carbonyl (C=O) groups excluding carboxylic acids is 1. The molecule has 0 spiro atoms. The van der Waals surface area contributed by atoms with Gasteiger partial charge in [0.25, 0.3) is 5.56 Å². The number of aromatic nitrogens is 2. The summed E-state index contributed by atoms with van der Waals surface area (Å²) >= 11 is 0. The van der Waals surface area contributed by atoms with Crippen LogP contribution in [0, 0.1) is 5.92 Å². The van der Waals surface area contributed by atoms with Crippen LogP contribution in [0.15, 0.2) is 70.3 Å². The molecular formula is C26H33N5O4. The third-order valence-corrected chi connectivity index (χ3v) is 5.74. The standard InChI is InChI=1S/C26H33N5O4/c1-18(2)22(20-12-8-5-9-13-20)28-21(32)17-30(16-19-10-6-4-7-11-19)23-24(27)31(14-15-35-3)26(34)29-25(23)33/h4-13,18,22H,14-17,27H2,1-3H3,(H,28,32)(H,29,33,34). The highest BCUT2D eigenvalue weighted by molar-refractivity contribution is 5.83. The molecular weight excluding hydrogens is 446 g/mol. The predicted molar refractivity (Wildman–Crippen MR) is 137 cm³/mol. The lowest BCUT2D eigenvalue weighted by Gasteiger charge is -2.28. The first-order chi connectivity index (χ1) is 16.8. The van der Waals surface area contributed by atoms with Crippen LogP contribution in [0.4, 0.5) is 11.5 Å². The van der Waals surface area contributed by atoms with Gasteiger partial charge in [-0.05, 0) is 17.0 Å². The van der Waals surface area contributed by atoms with Gasteiger partial charge in [0.05, 0.1) is 25.7 Å². The molecule has 35 heavy (non-hydrogen) atoms. The largest absolute Gasteiger partial charge is 0.383 e. The lowest BCUT2D eigenvalue weighted by Crippen LogP contribution is -2.44. The molecule has 0 saturated carbocycles. The summed E-state index contributed by atoms with van der Waals surface area (Å²) < 4.78 is 6.32. The van der Waals surface area contributed by atoms with E-state index in [0.29, 0.717) is 0 Å². The number of nitrogens with two attached hydrogens (primary N) is 1. The molecule has 3 aromatic rings. The number of nitrogens with zero attached hydrogens (tertiary/aromatic N) is 2. The Kier molecular flexibility index (Phi) is 8.86. The van der Waals surface area contributed by atoms with Crippen LogP contribution < -0.4 is 27.2 Å². The first-order valence-corrected chi connectivity index (χ1v) is 11.6. The van der Waals surface area contributed by atoms with Gasteiger partial charge in [0, 0.05) is 13.7 Å². The minimum atomic E-state index is -0.645. The third kappa shape index (κ3) is 6.60. The molecule has 0 saturated heterocycles. The molecule has 1 amide bonds. The van der Waals surface area contributed by atoms with Gasteiger partial charge in [0.2, 0.25) is 5.91 Å². The van der Waals surface area contributed by atoms with Crippen LogP contribution in [0.2, 0.25) is 0 Å². The average Bonchev–Trinajstić information content (AvgIpc) is 2.83. The average molecular weight is 480 g/mol. The minimum Gasteiger partial charge on any atom is -0.383 e. The van der Waals surface area contributed by atoms with E-state index >= 15 is 0 Å². The van der Waals surface area contributed by atoms with E-state index in [1.807, 2.05) is 74.5 Å². The zero-order valence-corrected chi connectivity index (χ0v) is 20.4. The molecule has 0 aliphatic rings. The van der Waals surface area contributed by atoms with Crippen molar-refractivity contribution >= 4 is 17.4 Å². The topological polar surface area (TPSA) is 122 Å². The quantitative estimate of drug-likeness (QED) is 0.388. The van der Waals surface area contributed by atoms with Crippen LogP contribution in [0.1, 0.15) is 31.0 Å². The summed E-state index contributed by atoms with van der Waals surface area (Å²) in [6.45, 7) is 4.60. The number of nitrogens with one attached hydrogen (secondary N) is 2. The van der Waals surface area contributed by atoms with Gasteiger partial charge in [-0.15, -0.1) is 0 Å². The number of hydrogen-bond donors (Lipinski definition) is 3. The number of ether oxygens (including phenoxy) is 1. The molecule has 0 bridgehead atoms. The summed E-state index contributed by atoms with van der Waals surface area (Å²) in [5.74, 6) is -0.131. The summed E-state index contributed by atoms with van der Waals surface area (Å²) in [4.78, 5) is 42.5. The van der Waals surface area contributed by atoms with E-state index in [1.54, 1.807) is 4.90 Å². The number of benzene rings is 2. The molecule has 0 radical (unpaired) electrons. The molecule has 186 valence electrons. The van der Waals surface area contributed by atoms with Gasteiger partial charge in [-0.25, -0.2) is 4.79 Å². The summed E-state index contributed by atoms with van der Waals surface area (Å²) in [7, 11) is 1.51. The Morgan fingerprint density at radius 2 is 1.71 bits per heavy atom. The van der Waals surface area contributed by atoms with Crippen LogP contribution in [0.25, 0.3) is 0 Å². The predicted octanol–water partition coefficient (Wildman–Crippen LogP) is 2.29. The Hall–Kier alpha value is -3.85. The first-order valence-electron chi connectivity index (χ1n) is 11.6. The van der Waals surface area contributed by atoms with Crippen molar-refractivity contribution in [3.05, 3.63) is 92.6 Å². The number of hydrogen-bond acceptors (Lipinski definition) is 6. The Morgan fingerprint density at radius 1 is 1.09 bits per heavy atom. The highest BCUT2D eigenvalue weighted by Crippen LogP contribution is 2.23. The first kappa shape index (κ1) is 25.8. The maximum absolute atomic E-state index is 13.3. The van der Waals surface area contributed by atoms with Gasteiger partial charge < -0.3 is 20.7 Å². The van der Waals surface area contributed by atoms with Gasteiger partial charge in [-0.2, -0.15) is 0 Å². The number of amides is 1. The molecule has 0 aliphatic heterocycles. The maximum atomic E-state index is 13.3. The van der Waals surface area contributed by atoms with Crippen molar-refractivity contribution in [2.75, 3.05) is 30.9 Å². The van der Waals surface area contributed by atoms with Crippen molar-refractivity contribution in [2.24, 2.45) is 5.92 Å². The van der Waals surface area contributed by atoms with Gasteiger partial charge >= 0.3 is 5.69 Å². The van der Waals surface area contributed by atoms with Crippen molar-refractivity contribution in [3.63, 3.8) is 0 Å². The van der Waals surface area contributed by atoms with E-state index in [9.17, 15) is 14.4 Å². The van der Waals surface area contributed by atoms with Gasteiger partial charge in [0.1, 0.15) is 11.5 Å². The Bertz CT molecular complexity index is 1220. The number of H-pyrrole nitrogens is 1. The summed E-state index contributed by atoms with van der Waals surface area (Å²) in [5.41, 5.74) is 6.99. The smallest absolute Gasteiger partial charge is 0.330 e. The van der Waals surface area contributed by atoms with E-state index in [0.717, 1.165) is 11.1 Å². The van der Waals surface area contributed by atoms with Crippen LogP contribution in [0.3, 0.4) is 0 Å². The van der Waals surface area contributed by atoms with Crippen LogP contribution in [-0.2, 0) is 22.6 Å². The van der Waals surface area contributed by atoms with E-state index < -0.39 is 11.2 Å². The van der Waals surface area contributed by atoms with Crippen molar-refractivity contribution in [3.8, 4) is 0 Å². The van der Waals surface area contributed by atoms with E-state index in [2.05, 4.69) is 10.3 Å². The number of carbonyl (C=O) groups is 1. The molecule has 9 nitrogen and oxygen atoms in total. The van der Waals surface area contributed by atoms with Gasteiger partial charge in [-0.1, -0.05) is 74.5 Å². The Balaban J connectivity index is 1.96. The zero-order valence-electron chi connectivity index (χ0n) is 20.4. The fourth-order valence-corrected chi connectivity index (χ4v) is 3.99. The molecule has 0 fully saturated rings. The molecule has 1 atom stereocenters. The molecule has 2 aromatic carbocycles. The van der Waals surface area contributed by atoms with Crippen LogP contribution in [-0.4, -0.2) is 35.7 Å². The molecule has 1 aromatic heterocycles. The maximum Gasteiger partial charge on any atom is 0.330 e. The van der Waals surface area contributed by atoms with Crippen molar-refractivity contribution in [1.29, 1.82) is 0 Å². The fraction of sp³-hybridized carbons (Fsp3) is 0.346. The highest BCUT2D eigenvalue weighted by Gasteiger charge is 2.24. The second kappa shape index (κ2) is 12.0. The molecule has 9 heteroatoms. The lowest BCUT2D eigenvalue weighted by atomic mass is 9.96. The Labute approximate surface area is 204 Å². The summed E-state index contributed by atoms with van der Waals surface area (Å²) in [5, 5.41) is 3.10. The van der Waals surface area contributed by atoms with Crippen LogP contribution in [0.5, 0.6) is 0 Å². The van der Waals surface area contributed by atoms with Gasteiger partial charge in [-0.3, -0.25) is 19.1 Å². The minimum absolute atomic E-state index is 0.0111. The van der Waals surface area contributed by atoms with E-state index in [4.69, 9.17) is 10.5 Å². The lowest BCUT2D eigenvalue weighted by molar-refractivity contribution is -0.120. The zero-order chi connectivity index (χ0) is 25.4. The second-order valence-corrected chi connectivity index (χ2v) is 8.68. The second-order valence-electron chi connectivity index (χ2n) is 8.68. The fourth-order valence-electron chi connectivity index (χ4n) is 3.99. The SMILES string of the molecule is COCCn1c(N)c(N(CC(=O)NC(c2ccccc2)C(C)C)Cc2ccccc2)c(=O)[nH]c1=O. The van der Waals surface area contributed by atoms with Crippen molar-refractivity contribution < 1.29 is 9.53 Å².